The van der Waals surface area contributed by atoms with Crippen molar-refractivity contribution < 1.29 is 42.2 Å². The molecule has 50 heavy (non-hydrogen) atoms. The van der Waals surface area contributed by atoms with Crippen LogP contribution in [-0.2, 0) is 42.9 Å². The van der Waals surface area contributed by atoms with Crippen LogP contribution in [0.1, 0.15) is 76.5 Å². The SMILES string of the molecule is CCCC(CCC)OOSC[C@@H](NC(=O)O[C@@H]1CCN(C(C)=O)C1)C(=O)N[C@@H](Cc1cc(F)cc(F)c1)[C@H](O)CNCc1cccc(CC)c1. The van der Waals surface area contributed by atoms with Gasteiger partial charge in [0.05, 0.1) is 30.5 Å². The fraction of sp³-hybridized carbons (Fsp3) is 0.583. The van der Waals surface area contributed by atoms with Crippen molar-refractivity contribution in [3.05, 3.63) is 70.8 Å². The molecule has 0 saturated carbocycles. The summed E-state index contributed by atoms with van der Waals surface area (Å²) in [4.78, 5) is 45.6. The molecule has 0 radical (unpaired) electrons. The molecule has 0 aliphatic carbocycles. The van der Waals surface area contributed by atoms with E-state index in [2.05, 4.69) is 28.9 Å². The number of nitrogens with zero attached hydrogens (tertiary/aromatic N) is 1. The van der Waals surface area contributed by atoms with Gasteiger partial charge in [-0.2, -0.15) is 4.33 Å². The lowest BCUT2D eigenvalue weighted by Crippen LogP contribution is -2.55. The van der Waals surface area contributed by atoms with E-state index in [4.69, 9.17) is 14.0 Å². The molecule has 278 valence electrons. The largest absolute Gasteiger partial charge is 0.444 e. The van der Waals surface area contributed by atoms with Gasteiger partial charge in [-0.1, -0.05) is 57.9 Å². The second-order valence-corrected chi connectivity index (χ2v) is 13.3. The van der Waals surface area contributed by atoms with Crippen LogP contribution in [0.5, 0.6) is 0 Å². The molecule has 1 saturated heterocycles. The average molecular weight is 723 g/mol. The van der Waals surface area contributed by atoms with Crippen molar-refractivity contribution in [2.75, 3.05) is 25.4 Å². The Balaban J connectivity index is 1.73. The third-order valence-electron chi connectivity index (χ3n) is 8.40. The molecule has 2 aromatic rings. The molecule has 0 bridgehead atoms. The van der Waals surface area contributed by atoms with Gasteiger partial charge in [0.25, 0.3) is 0 Å². The first-order chi connectivity index (χ1) is 24.0. The topological polar surface area (TPSA) is 138 Å². The van der Waals surface area contributed by atoms with Crippen molar-refractivity contribution in [1.82, 2.24) is 20.9 Å². The molecule has 0 unspecified atom stereocenters. The van der Waals surface area contributed by atoms with Gasteiger partial charge in [-0.3, -0.25) is 9.59 Å². The third kappa shape index (κ3) is 14.5. The van der Waals surface area contributed by atoms with Gasteiger partial charge < -0.3 is 30.7 Å². The van der Waals surface area contributed by atoms with Crippen LogP contribution in [0.15, 0.2) is 42.5 Å². The van der Waals surface area contributed by atoms with Gasteiger partial charge in [0.2, 0.25) is 11.8 Å². The molecule has 3 rings (SSSR count). The molecule has 11 nitrogen and oxygen atoms in total. The minimum Gasteiger partial charge on any atom is -0.444 e. The summed E-state index contributed by atoms with van der Waals surface area (Å²) in [5.74, 6) is -2.46. The molecule has 1 aliphatic heterocycles. The van der Waals surface area contributed by atoms with E-state index in [0.717, 1.165) is 67.9 Å². The Kier molecular flexibility index (Phi) is 17.9. The molecule has 14 heteroatoms. The summed E-state index contributed by atoms with van der Waals surface area (Å²) in [7, 11) is 0. The number of aliphatic hydroxyl groups excluding tert-OH is 1. The smallest absolute Gasteiger partial charge is 0.408 e. The molecular formula is C36H52F2N4O7S. The van der Waals surface area contributed by atoms with Crippen molar-refractivity contribution in [1.29, 1.82) is 0 Å². The van der Waals surface area contributed by atoms with Gasteiger partial charge in [0, 0.05) is 51.1 Å². The number of hydrogen-bond donors (Lipinski definition) is 4. The summed E-state index contributed by atoms with van der Waals surface area (Å²) in [5, 5.41) is 19.8. The zero-order valence-electron chi connectivity index (χ0n) is 29.4. The van der Waals surface area contributed by atoms with E-state index >= 15 is 0 Å². The molecule has 4 N–H and O–H groups in total. The predicted octanol–water partition coefficient (Wildman–Crippen LogP) is 4.99. The van der Waals surface area contributed by atoms with E-state index in [9.17, 15) is 28.3 Å². The lowest BCUT2D eigenvalue weighted by molar-refractivity contribution is -0.234. The highest BCUT2D eigenvalue weighted by Crippen LogP contribution is 2.17. The quantitative estimate of drug-likeness (QED) is 0.0608. The first-order valence-electron chi connectivity index (χ1n) is 17.4. The molecule has 0 spiro atoms. The van der Waals surface area contributed by atoms with Crippen molar-refractivity contribution in [3.8, 4) is 0 Å². The monoisotopic (exact) mass is 722 g/mol. The first-order valence-corrected chi connectivity index (χ1v) is 18.3. The summed E-state index contributed by atoms with van der Waals surface area (Å²) in [6.45, 7) is 8.78. The molecule has 1 heterocycles. The van der Waals surface area contributed by atoms with Crippen LogP contribution in [0, 0.1) is 11.6 Å². The van der Waals surface area contributed by atoms with Gasteiger partial charge in [-0.25, -0.2) is 18.5 Å². The number of ether oxygens (including phenoxy) is 1. The maximum atomic E-state index is 14.1. The summed E-state index contributed by atoms with van der Waals surface area (Å²) >= 11 is 0.836. The summed E-state index contributed by atoms with van der Waals surface area (Å²) < 4.78 is 39.1. The van der Waals surface area contributed by atoms with Crippen molar-refractivity contribution in [3.63, 3.8) is 0 Å². The van der Waals surface area contributed by atoms with Crippen LogP contribution in [0.4, 0.5) is 13.6 Å². The van der Waals surface area contributed by atoms with Gasteiger partial charge in [0.15, 0.2) is 0 Å². The number of aryl methyl sites for hydroxylation is 1. The zero-order chi connectivity index (χ0) is 36.5. The number of nitrogens with one attached hydrogen (secondary N) is 3. The molecule has 2 aromatic carbocycles. The Bertz CT molecular complexity index is 1350. The van der Waals surface area contributed by atoms with Gasteiger partial charge >= 0.3 is 6.09 Å². The maximum Gasteiger partial charge on any atom is 0.408 e. The van der Waals surface area contributed by atoms with E-state index in [0.29, 0.717) is 19.5 Å². The van der Waals surface area contributed by atoms with Gasteiger partial charge in [0.1, 0.15) is 23.8 Å². The number of carbonyl (C=O) groups excluding carboxylic acids is 3. The average Bonchev–Trinajstić information content (AvgIpc) is 3.54. The lowest BCUT2D eigenvalue weighted by Gasteiger charge is -2.27. The maximum absolute atomic E-state index is 14.1. The normalized spacial score (nSPS) is 16.2. The summed E-state index contributed by atoms with van der Waals surface area (Å²) in [6.07, 6.45) is 1.91. The zero-order valence-corrected chi connectivity index (χ0v) is 30.2. The van der Waals surface area contributed by atoms with Crippen LogP contribution < -0.4 is 16.0 Å². The lowest BCUT2D eigenvalue weighted by atomic mass is 10.00. The van der Waals surface area contributed by atoms with Crippen LogP contribution in [0.2, 0.25) is 0 Å². The Morgan fingerprint density at radius 3 is 2.34 bits per heavy atom. The number of amides is 3. The molecule has 3 amide bonds. The number of alkyl carbamates (subject to hydrolysis) is 1. The first kappa shape index (κ1) is 41.1. The number of hydrogen-bond acceptors (Lipinski definition) is 9. The third-order valence-corrected chi connectivity index (χ3v) is 9.05. The summed E-state index contributed by atoms with van der Waals surface area (Å²) in [5.41, 5.74) is 2.41. The number of rotatable bonds is 21. The molecule has 1 aliphatic rings. The Labute approximate surface area is 298 Å². The van der Waals surface area contributed by atoms with E-state index in [1.54, 1.807) is 4.90 Å². The van der Waals surface area contributed by atoms with Crippen molar-refractivity contribution >= 4 is 30.0 Å². The molecule has 1 fully saturated rings. The minimum atomic E-state index is -1.21. The highest BCUT2D eigenvalue weighted by atomic mass is 32.2. The number of benzene rings is 2. The van der Waals surface area contributed by atoms with Crippen LogP contribution >= 0.6 is 12.0 Å². The van der Waals surface area contributed by atoms with Crippen LogP contribution in [0.3, 0.4) is 0 Å². The van der Waals surface area contributed by atoms with Gasteiger partial charge in [-0.05, 0) is 54.5 Å². The second-order valence-electron chi connectivity index (χ2n) is 12.6. The fourth-order valence-electron chi connectivity index (χ4n) is 5.70. The number of halogens is 2. The number of carbonyl (C=O) groups is 3. The minimum absolute atomic E-state index is 0.0511. The highest BCUT2D eigenvalue weighted by molar-refractivity contribution is 7.94. The Morgan fingerprint density at radius 1 is 1.00 bits per heavy atom. The fourth-order valence-corrected chi connectivity index (χ4v) is 6.29. The van der Waals surface area contributed by atoms with E-state index in [-0.39, 0.29) is 42.8 Å². The number of aliphatic hydroxyl groups is 1. The number of likely N-dealkylation sites (tertiary alicyclic amines) is 1. The second kappa shape index (κ2) is 21.8. The Hall–Kier alpha value is -3.30. The Morgan fingerprint density at radius 2 is 1.70 bits per heavy atom. The molecular weight excluding hydrogens is 670 g/mol. The highest BCUT2D eigenvalue weighted by Gasteiger charge is 2.31. The van der Waals surface area contributed by atoms with Crippen molar-refractivity contribution in [2.24, 2.45) is 0 Å². The van der Waals surface area contributed by atoms with Gasteiger partial charge in [-0.15, -0.1) is 0 Å². The summed E-state index contributed by atoms with van der Waals surface area (Å²) in [6, 6.07) is 8.82. The van der Waals surface area contributed by atoms with E-state index < -0.39 is 47.9 Å². The van der Waals surface area contributed by atoms with Crippen molar-refractivity contribution in [2.45, 2.75) is 110 Å². The molecule has 4 atom stereocenters. The van der Waals surface area contributed by atoms with E-state index in [1.165, 1.54) is 12.5 Å². The molecule has 0 aromatic heterocycles. The van der Waals surface area contributed by atoms with E-state index in [1.807, 2.05) is 32.0 Å². The predicted molar refractivity (Wildman–Crippen MR) is 188 cm³/mol. The van der Waals surface area contributed by atoms with Crippen LogP contribution in [-0.4, -0.2) is 83.7 Å². The standard InChI is InChI=1S/C36H52F2N4O7S/c1-5-9-30(10-6-2)48-49-50-23-33(41-36(46)47-31-13-14-42(22-31)24(4)43)35(45)40-32(18-27-16-28(37)19-29(38)17-27)34(44)21-39-20-26-12-8-11-25(7-3)15-26/h8,11-12,15-17,19,30-34,39,44H,5-7,9-10,13-14,18,20-23H2,1-4H3,(H,40,45)(H,41,46)/t31-,32+,33-,34-/m1/s1. The van der Waals surface area contributed by atoms with Crippen LogP contribution in [0.25, 0.3) is 0 Å².